The monoisotopic (exact) mass is 274 g/mol. The number of halogens is 1. The SMILES string of the molecule is CC(O)(CC1CCC1)c1sccc1Br. The van der Waals surface area contributed by atoms with E-state index in [4.69, 9.17) is 0 Å². The first kappa shape index (κ1) is 10.7. The van der Waals surface area contributed by atoms with Crippen molar-refractivity contribution in [3.05, 3.63) is 20.8 Å². The number of hydrogen-bond acceptors (Lipinski definition) is 2. The summed E-state index contributed by atoms with van der Waals surface area (Å²) in [5, 5.41) is 12.4. The largest absolute Gasteiger partial charge is 0.385 e. The molecule has 1 heterocycles. The van der Waals surface area contributed by atoms with Crippen LogP contribution in [0, 0.1) is 5.92 Å². The van der Waals surface area contributed by atoms with E-state index >= 15 is 0 Å². The van der Waals surface area contributed by atoms with Crippen molar-refractivity contribution in [1.82, 2.24) is 0 Å². The predicted molar refractivity (Wildman–Crippen MR) is 63.5 cm³/mol. The van der Waals surface area contributed by atoms with Gasteiger partial charge in [-0.2, -0.15) is 0 Å². The molecule has 0 spiro atoms. The van der Waals surface area contributed by atoms with Gasteiger partial charge in [0.2, 0.25) is 0 Å². The van der Waals surface area contributed by atoms with Crippen LogP contribution in [0.1, 0.15) is 37.5 Å². The topological polar surface area (TPSA) is 20.2 Å². The van der Waals surface area contributed by atoms with Crippen LogP contribution in [0.2, 0.25) is 0 Å². The van der Waals surface area contributed by atoms with Gasteiger partial charge in [0.15, 0.2) is 0 Å². The molecule has 3 heteroatoms. The van der Waals surface area contributed by atoms with E-state index in [0.29, 0.717) is 0 Å². The first-order chi connectivity index (χ1) is 6.59. The van der Waals surface area contributed by atoms with E-state index in [9.17, 15) is 5.11 Å². The first-order valence-electron chi connectivity index (χ1n) is 5.05. The van der Waals surface area contributed by atoms with E-state index < -0.39 is 5.60 Å². The van der Waals surface area contributed by atoms with Crippen LogP contribution < -0.4 is 0 Å². The number of rotatable bonds is 3. The van der Waals surface area contributed by atoms with Gasteiger partial charge in [0.25, 0.3) is 0 Å². The summed E-state index contributed by atoms with van der Waals surface area (Å²) in [5.41, 5.74) is -0.641. The van der Waals surface area contributed by atoms with E-state index in [0.717, 1.165) is 21.7 Å². The van der Waals surface area contributed by atoms with Crippen LogP contribution in [0.4, 0.5) is 0 Å². The molecule has 0 radical (unpaired) electrons. The molecule has 1 aliphatic rings. The van der Waals surface area contributed by atoms with Crippen molar-refractivity contribution in [2.45, 2.75) is 38.2 Å². The summed E-state index contributed by atoms with van der Waals surface area (Å²) in [6.45, 7) is 1.93. The van der Waals surface area contributed by atoms with Crippen LogP contribution in [0.3, 0.4) is 0 Å². The molecular weight excluding hydrogens is 260 g/mol. The minimum atomic E-state index is -0.641. The summed E-state index contributed by atoms with van der Waals surface area (Å²) in [7, 11) is 0. The average Bonchev–Trinajstić information content (AvgIpc) is 2.45. The third-order valence-corrected chi connectivity index (χ3v) is 5.11. The smallest absolute Gasteiger partial charge is 0.0973 e. The van der Waals surface area contributed by atoms with Gasteiger partial charge >= 0.3 is 0 Å². The Bertz CT molecular complexity index is 315. The zero-order valence-electron chi connectivity index (χ0n) is 8.29. The molecule has 1 atom stereocenters. The molecular formula is C11H15BrOS. The highest BCUT2D eigenvalue weighted by Gasteiger charge is 2.32. The number of hydrogen-bond donors (Lipinski definition) is 1. The second-order valence-electron chi connectivity index (χ2n) is 4.37. The minimum Gasteiger partial charge on any atom is -0.385 e. The van der Waals surface area contributed by atoms with Gasteiger partial charge in [0.1, 0.15) is 0 Å². The van der Waals surface area contributed by atoms with Crippen molar-refractivity contribution >= 4 is 27.3 Å². The van der Waals surface area contributed by atoms with Gasteiger partial charge < -0.3 is 5.11 Å². The Labute approximate surface area is 97.3 Å². The maximum Gasteiger partial charge on any atom is 0.0973 e. The fourth-order valence-electron chi connectivity index (χ4n) is 2.03. The maximum atomic E-state index is 10.4. The van der Waals surface area contributed by atoms with Crippen molar-refractivity contribution in [3.63, 3.8) is 0 Å². The molecule has 1 saturated carbocycles. The Morgan fingerprint density at radius 2 is 2.36 bits per heavy atom. The highest BCUT2D eigenvalue weighted by atomic mass is 79.9. The molecule has 1 aromatic rings. The quantitative estimate of drug-likeness (QED) is 0.886. The lowest BCUT2D eigenvalue weighted by Crippen LogP contribution is -2.27. The Balaban J connectivity index is 2.10. The van der Waals surface area contributed by atoms with E-state index in [1.54, 1.807) is 11.3 Å². The molecule has 0 amide bonds. The standard InChI is InChI=1S/C11H15BrOS/c1-11(13,7-8-3-2-4-8)10-9(12)5-6-14-10/h5-6,8,13H,2-4,7H2,1H3. The molecule has 0 aliphatic heterocycles. The highest BCUT2D eigenvalue weighted by molar-refractivity contribution is 9.10. The van der Waals surface area contributed by atoms with Crippen molar-refractivity contribution in [1.29, 1.82) is 0 Å². The first-order valence-corrected chi connectivity index (χ1v) is 6.73. The van der Waals surface area contributed by atoms with Gasteiger partial charge in [0.05, 0.1) is 5.60 Å². The van der Waals surface area contributed by atoms with Crippen LogP contribution in [0.25, 0.3) is 0 Å². The number of thiophene rings is 1. The molecule has 1 unspecified atom stereocenters. The molecule has 1 aromatic heterocycles. The van der Waals surface area contributed by atoms with Crippen LogP contribution >= 0.6 is 27.3 Å². The third kappa shape index (κ3) is 2.05. The van der Waals surface area contributed by atoms with Crippen LogP contribution in [-0.4, -0.2) is 5.11 Å². The zero-order valence-corrected chi connectivity index (χ0v) is 10.7. The van der Waals surface area contributed by atoms with E-state index in [2.05, 4.69) is 15.9 Å². The second kappa shape index (κ2) is 3.95. The summed E-state index contributed by atoms with van der Waals surface area (Å²) in [6.07, 6.45) is 4.83. The zero-order chi connectivity index (χ0) is 10.2. The summed E-state index contributed by atoms with van der Waals surface area (Å²) < 4.78 is 1.05. The molecule has 1 nitrogen and oxygen atoms in total. The molecule has 0 saturated heterocycles. The van der Waals surface area contributed by atoms with Gasteiger partial charge in [-0.25, -0.2) is 0 Å². The Hall–Kier alpha value is 0.140. The van der Waals surface area contributed by atoms with E-state index in [1.807, 2.05) is 18.4 Å². The maximum absolute atomic E-state index is 10.4. The lowest BCUT2D eigenvalue weighted by atomic mass is 9.77. The average molecular weight is 275 g/mol. The summed E-state index contributed by atoms with van der Waals surface area (Å²) >= 11 is 5.12. The molecule has 14 heavy (non-hydrogen) atoms. The van der Waals surface area contributed by atoms with Gasteiger partial charge in [-0.05, 0) is 46.6 Å². The van der Waals surface area contributed by atoms with E-state index in [-0.39, 0.29) is 0 Å². The van der Waals surface area contributed by atoms with Crippen molar-refractivity contribution < 1.29 is 5.11 Å². The van der Waals surface area contributed by atoms with Crippen LogP contribution in [-0.2, 0) is 5.60 Å². The fourth-order valence-corrected chi connectivity index (χ4v) is 3.90. The number of aliphatic hydroxyl groups is 1. The molecule has 0 aromatic carbocycles. The normalized spacial score (nSPS) is 21.6. The van der Waals surface area contributed by atoms with Crippen LogP contribution in [0.15, 0.2) is 15.9 Å². The minimum absolute atomic E-state index is 0.641. The molecule has 78 valence electrons. The Morgan fingerprint density at radius 3 is 2.79 bits per heavy atom. The van der Waals surface area contributed by atoms with Crippen molar-refractivity contribution in [2.24, 2.45) is 5.92 Å². The van der Waals surface area contributed by atoms with Crippen molar-refractivity contribution in [3.8, 4) is 0 Å². The Morgan fingerprint density at radius 1 is 1.64 bits per heavy atom. The summed E-state index contributed by atoms with van der Waals surface area (Å²) in [6, 6.07) is 2.01. The molecule has 1 aliphatic carbocycles. The lowest BCUT2D eigenvalue weighted by Gasteiger charge is -2.33. The molecule has 1 N–H and O–H groups in total. The van der Waals surface area contributed by atoms with E-state index in [1.165, 1.54) is 19.3 Å². The third-order valence-electron chi connectivity index (χ3n) is 3.02. The fraction of sp³-hybridized carbons (Fsp3) is 0.636. The van der Waals surface area contributed by atoms with Gasteiger partial charge in [-0.3, -0.25) is 0 Å². The molecule has 2 rings (SSSR count). The van der Waals surface area contributed by atoms with Gasteiger partial charge in [0, 0.05) is 9.35 Å². The lowest BCUT2D eigenvalue weighted by molar-refractivity contribution is 0.0189. The molecule has 0 bridgehead atoms. The van der Waals surface area contributed by atoms with Gasteiger partial charge in [-0.15, -0.1) is 11.3 Å². The molecule has 1 fully saturated rings. The summed E-state index contributed by atoms with van der Waals surface area (Å²) in [4.78, 5) is 1.07. The van der Waals surface area contributed by atoms with Crippen molar-refractivity contribution in [2.75, 3.05) is 0 Å². The van der Waals surface area contributed by atoms with Gasteiger partial charge in [-0.1, -0.05) is 19.3 Å². The summed E-state index contributed by atoms with van der Waals surface area (Å²) in [5.74, 6) is 0.735. The second-order valence-corrected chi connectivity index (χ2v) is 6.14. The van der Waals surface area contributed by atoms with Crippen LogP contribution in [0.5, 0.6) is 0 Å². The highest BCUT2D eigenvalue weighted by Crippen LogP contribution is 2.41. The Kier molecular flexibility index (Phi) is 3.01. The predicted octanol–water partition coefficient (Wildman–Crippen LogP) is 3.91.